The molecule has 0 aliphatic heterocycles. The zero-order valence-corrected chi connectivity index (χ0v) is 12.2. The van der Waals surface area contributed by atoms with Crippen LogP contribution in [0.25, 0.3) is 0 Å². The van der Waals surface area contributed by atoms with E-state index in [1.165, 1.54) is 7.11 Å². The Labute approximate surface area is 118 Å². The van der Waals surface area contributed by atoms with Crippen molar-refractivity contribution >= 4 is 17.7 Å². The zero-order chi connectivity index (χ0) is 13.9. The molecule has 1 saturated carbocycles. The summed E-state index contributed by atoms with van der Waals surface area (Å²) in [5, 5.41) is 0.987. The molecule has 19 heavy (non-hydrogen) atoms. The summed E-state index contributed by atoms with van der Waals surface area (Å²) in [6, 6.07) is 4.03. The summed E-state index contributed by atoms with van der Waals surface area (Å²) in [5.74, 6) is 0.811. The van der Waals surface area contributed by atoms with Crippen LogP contribution in [0.15, 0.2) is 23.4 Å². The molecule has 104 valence electrons. The fraction of sp³-hybridized carbons (Fsp3) is 0.571. The van der Waals surface area contributed by atoms with Crippen LogP contribution in [0.2, 0.25) is 0 Å². The third-order valence-corrected chi connectivity index (χ3v) is 4.81. The van der Waals surface area contributed by atoms with Crippen molar-refractivity contribution in [1.82, 2.24) is 4.98 Å². The summed E-state index contributed by atoms with van der Waals surface area (Å²) in [4.78, 5) is 15.7. The van der Waals surface area contributed by atoms with Crippen molar-refractivity contribution in [3.8, 4) is 0 Å². The molecular formula is C14H20N2O2S. The molecule has 0 radical (unpaired) electrons. The maximum Gasteiger partial charge on any atom is 0.306 e. The summed E-state index contributed by atoms with van der Waals surface area (Å²) in [5.41, 5.74) is 6.97. The van der Waals surface area contributed by atoms with Gasteiger partial charge in [0.25, 0.3) is 0 Å². The van der Waals surface area contributed by atoms with E-state index in [4.69, 9.17) is 10.5 Å². The van der Waals surface area contributed by atoms with Gasteiger partial charge in [-0.15, -0.1) is 11.8 Å². The smallest absolute Gasteiger partial charge is 0.306 e. The van der Waals surface area contributed by atoms with Crippen molar-refractivity contribution in [3.63, 3.8) is 0 Å². The van der Waals surface area contributed by atoms with Gasteiger partial charge in [0.15, 0.2) is 0 Å². The summed E-state index contributed by atoms with van der Waals surface area (Å²) in [7, 11) is 1.44. The lowest BCUT2D eigenvalue weighted by molar-refractivity contribution is -0.141. The number of thioether (sulfide) groups is 1. The fourth-order valence-corrected chi connectivity index (χ4v) is 3.04. The number of ether oxygens (including phenoxy) is 1. The molecule has 0 aromatic carbocycles. The van der Waals surface area contributed by atoms with Crippen molar-refractivity contribution in [2.24, 2.45) is 11.1 Å². The molecule has 1 aromatic heterocycles. The minimum absolute atomic E-state index is 0.0145. The van der Waals surface area contributed by atoms with Gasteiger partial charge < -0.3 is 10.5 Å². The first-order valence-corrected chi connectivity index (χ1v) is 7.44. The average molecular weight is 280 g/mol. The van der Waals surface area contributed by atoms with Gasteiger partial charge in [0.05, 0.1) is 18.6 Å². The Morgan fingerprint density at radius 3 is 2.79 bits per heavy atom. The molecule has 1 atom stereocenters. The predicted octanol–water partition coefficient (Wildman–Crippen LogP) is 2.54. The molecule has 0 saturated heterocycles. The first-order valence-electron chi connectivity index (χ1n) is 6.46. The van der Waals surface area contributed by atoms with Gasteiger partial charge in [0, 0.05) is 18.0 Å². The summed E-state index contributed by atoms with van der Waals surface area (Å²) < 4.78 is 4.74. The SMILES string of the molecule is COC(=O)CC1(CSc2ccc([C@H](C)N)cn2)CC1. The normalized spacial score (nSPS) is 17.8. The number of methoxy groups -OCH3 is 1. The first kappa shape index (κ1) is 14.3. The van der Waals surface area contributed by atoms with Gasteiger partial charge >= 0.3 is 5.97 Å². The second-order valence-corrected chi connectivity index (χ2v) is 6.26. The van der Waals surface area contributed by atoms with Gasteiger partial charge in [-0.3, -0.25) is 4.79 Å². The number of pyridine rings is 1. The molecular weight excluding hydrogens is 260 g/mol. The first-order chi connectivity index (χ1) is 9.04. The lowest BCUT2D eigenvalue weighted by atomic mass is 10.1. The van der Waals surface area contributed by atoms with Gasteiger partial charge in [0.1, 0.15) is 0 Å². The van der Waals surface area contributed by atoms with Crippen molar-refractivity contribution in [1.29, 1.82) is 0 Å². The zero-order valence-electron chi connectivity index (χ0n) is 11.4. The van der Waals surface area contributed by atoms with E-state index in [0.717, 1.165) is 29.2 Å². The molecule has 0 unspecified atom stereocenters. The number of rotatable bonds is 6. The van der Waals surface area contributed by atoms with Crippen LogP contribution in [0.5, 0.6) is 0 Å². The van der Waals surface area contributed by atoms with E-state index >= 15 is 0 Å². The Hall–Kier alpha value is -1.07. The highest BCUT2D eigenvalue weighted by Crippen LogP contribution is 2.51. The molecule has 5 heteroatoms. The largest absolute Gasteiger partial charge is 0.469 e. The maximum absolute atomic E-state index is 11.3. The van der Waals surface area contributed by atoms with Crippen LogP contribution in [0, 0.1) is 5.41 Å². The molecule has 0 bridgehead atoms. The molecule has 2 N–H and O–H groups in total. The Morgan fingerprint density at radius 1 is 1.58 bits per heavy atom. The molecule has 1 heterocycles. The van der Waals surface area contributed by atoms with E-state index in [2.05, 4.69) is 4.98 Å². The molecule has 2 rings (SSSR count). The lowest BCUT2D eigenvalue weighted by Crippen LogP contribution is -2.13. The highest BCUT2D eigenvalue weighted by atomic mass is 32.2. The third-order valence-electron chi connectivity index (χ3n) is 3.52. The molecule has 0 amide bonds. The van der Waals surface area contributed by atoms with Crippen molar-refractivity contribution in [3.05, 3.63) is 23.9 Å². The van der Waals surface area contributed by atoms with Crippen LogP contribution in [-0.4, -0.2) is 23.8 Å². The van der Waals surface area contributed by atoms with E-state index in [0.29, 0.717) is 6.42 Å². The minimum atomic E-state index is -0.113. The number of aromatic nitrogens is 1. The van der Waals surface area contributed by atoms with E-state index in [1.807, 2.05) is 25.3 Å². The Morgan fingerprint density at radius 2 is 2.32 bits per heavy atom. The maximum atomic E-state index is 11.3. The van der Waals surface area contributed by atoms with E-state index < -0.39 is 0 Å². The molecule has 0 spiro atoms. The minimum Gasteiger partial charge on any atom is -0.469 e. The van der Waals surface area contributed by atoms with Crippen LogP contribution < -0.4 is 5.73 Å². The second-order valence-electron chi connectivity index (χ2n) is 5.26. The highest BCUT2D eigenvalue weighted by Gasteiger charge is 2.44. The molecule has 4 nitrogen and oxygen atoms in total. The van der Waals surface area contributed by atoms with Gasteiger partial charge in [-0.25, -0.2) is 4.98 Å². The van der Waals surface area contributed by atoms with E-state index in [1.54, 1.807) is 11.8 Å². The number of carbonyl (C=O) groups is 1. The Kier molecular flexibility index (Phi) is 4.47. The van der Waals surface area contributed by atoms with Gasteiger partial charge in [-0.05, 0) is 36.8 Å². The summed E-state index contributed by atoms with van der Waals surface area (Å²) in [6.07, 6.45) is 4.56. The molecule has 1 aromatic rings. The van der Waals surface area contributed by atoms with Crippen LogP contribution in [0.1, 0.15) is 37.8 Å². The van der Waals surface area contributed by atoms with Crippen molar-refractivity contribution < 1.29 is 9.53 Å². The number of hydrogen-bond acceptors (Lipinski definition) is 5. The average Bonchev–Trinajstić information content (AvgIpc) is 3.17. The van der Waals surface area contributed by atoms with Gasteiger partial charge in [-0.1, -0.05) is 6.07 Å². The fourth-order valence-electron chi connectivity index (χ4n) is 1.90. The monoisotopic (exact) mass is 280 g/mol. The van der Waals surface area contributed by atoms with Gasteiger partial charge in [-0.2, -0.15) is 0 Å². The number of esters is 1. The highest BCUT2D eigenvalue weighted by molar-refractivity contribution is 7.99. The number of carbonyl (C=O) groups excluding carboxylic acids is 1. The number of nitrogens with two attached hydrogens (primary N) is 1. The number of nitrogens with zero attached hydrogens (tertiary/aromatic N) is 1. The summed E-state index contributed by atoms with van der Waals surface area (Å²) in [6.45, 7) is 1.94. The molecule has 1 fully saturated rings. The molecule has 1 aliphatic carbocycles. The van der Waals surface area contributed by atoms with Gasteiger partial charge in [0.2, 0.25) is 0 Å². The lowest BCUT2D eigenvalue weighted by Gasteiger charge is -2.13. The van der Waals surface area contributed by atoms with E-state index in [9.17, 15) is 4.79 Å². The Bertz CT molecular complexity index is 441. The summed E-state index contributed by atoms with van der Waals surface area (Å²) >= 11 is 1.70. The van der Waals surface area contributed by atoms with Crippen LogP contribution in [0.4, 0.5) is 0 Å². The van der Waals surface area contributed by atoms with Crippen molar-refractivity contribution in [2.45, 2.75) is 37.3 Å². The van der Waals surface area contributed by atoms with Crippen LogP contribution in [-0.2, 0) is 9.53 Å². The Balaban J connectivity index is 1.87. The van der Waals surface area contributed by atoms with Crippen LogP contribution in [0.3, 0.4) is 0 Å². The third kappa shape index (κ3) is 3.94. The standard InChI is InChI=1S/C14H20N2O2S/c1-10(15)11-3-4-12(16-8-11)19-9-14(5-6-14)7-13(17)18-2/h3-4,8,10H,5-7,9,15H2,1-2H3/t10-/m0/s1. The quantitative estimate of drug-likeness (QED) is 0.641. The predicted molar refractivity (Wildman–Crippen MR) is 75.9 cm³/mol. The number of hydrogen-bond donors (Lipinski definition) is 1. The topological polar surface area (TPSA) is 65.2 Å². The molecule has 1 aliphatic rings. The van der Waals surface area contributed by atoms with Crippen LogP contribution >= 0.6 is 11.8 Å². The van der Waals surface area contributed by atoms with E-state index in [-0.39, 0.29) is 17.4 Å². The van der Waals surface area contributed by atoms with Crippen molar-refractivity contribution in [2.75, 3.05) is 12.9 Å². The second kappa shape index (κ2) is 5.92.